The fourth-order valence-corrected chi connectivity index (χ4v) is 2.49. The number of nitrogens with zero attached hydrogens (tertiary/aromatic N) is 1. The number of carbonyl (C=O) groups excluding carboxylic acids is 1. The molecule has 18 heavy (non-hydrogen) atoms. The van der Waals surface area contributed by atoms with Gasteiger partial charge in [0.25, 0.3) is 5.91 Å². The average Bonchev–Trinajstić information content (AvgIpc) is 2.68. The fourth-order valence-electron chi connectivity index (χ4n) is 2.49. The van der Waals surface area contributed by atoms with Crippen molar-refractivity contribution in [2.45, 2.75) is 58.3 Å². The van der Waals surface area contributed by atoms with Crippen LogP contribution in [0.4, 0.5) is 0 Å². The average molecular weight is 252 g/mol. The quantitative estimate of drug-likeness (QED) is 0.875. The zero-order valence-electron chi connectivity index (χ0n) is 11.5. The van der Waals surface area contributed by atoms with Gasteiger partial charge in [0.05, 0.1) is 22.9 Å². The van der Waals surface area contributed by atoms with E-state index in [4.69, 9.17) is 9.26 Å². The molecule has 1 aromatic heterocycles. The summed E-state index contributed by atoms with van der Waals surface area (Å²) in [5.41, 5.74) is 0.0925. The summed E-state index contributed by atoms with van der Waals surface area (Å²) in [5, 5.41) is 6.67. The van der Waals surface area contributed by atoms with Crippen LogP contribution in [0.25, 0.3) is 0 Å². The topological polar surface area (TPSA) is 64.4 Å². The summed E-state index contributed by atoms with van der Waals surface area (Å²) in [7, 11) is 0. The van der Waals surface area contributed by atoms with Crippen LogP contribution in [0.5, 0.6) is 0 Å². The second-order valence-electron chi connectivity index (χ2n) is 6.03. The smallest absolute Gasteiger partial charge is 0.290 e. The maximum absolute atomic E-state index is 12.0. The number of hydrogen-bond donors (Lipinski definition) is 1. The van der Waals surface area contributed by atoms with Crippen LogP contribution in [0.1, 0.15) is 50.4 Å². The monoisotopic (exact) mass is 252 g/mol. The van der Waals surface area contributed by atoms with Gasteiger partial charge in [-0.2, -0.15) is 0 Å². The standard InChI is InChI=1S/C13H20N2O3/c1-8-6-9(17-15-8)11(16)14-10-7-12(2,3)18-13(10,4)5/h6,10H,7H2,1-5H3,(H,14,16). The van der Waals surface area contributed by atoms with E-state index in [0.29, 0.717) is 5.69 Å². The first-order valence-corrected chi connectivity index (χ1v) is 6.14. The van der Waals surface area contributed by atoms with Crippen molar-refractivity contribution in [2.75, 3.05) is 0 Å². The zero-order chi connectivity index (χ0) is 13.6. The molecule has 0 saturated carbocycles. The van der Waals surface area contributed by atoms with Crippen molar-refractivity contribution < 1.29 is 14.1 Å². The number of aromatic nitrogens is 1. The molecule has 0 spiro atoms. The van der Waals surface area contributed by atoms with E-state index in [1.165, 1.54) is 0 Å². The molecule has 1 aliphatic rings. The SMILES string of the molecule is Cc1cc(C(=O)NC2CC(C)(C)OC2(C)C)on1. The van der Waals surface area contributed by atoms with Gasteiger partial charge in [0.15, 0.2) is 0 Å². The minimum atomic E-state index is -0.381. The molecule has 1 N–H and O–H groups in total. The number of amides is 1. The highest BCUT2D eigenvalue weighted by molar-refractivity contribution is 5.91. The van der Waals surface area contributed by atoms with E-state index in [9.17, 15) is 4.79 Å². The van der Waals surface area contributed by atoms with Crippen LogP contribution in [-0.2, 0) is 4.74 Å². The molecule has 1 atom stereocenters. The van der Waals surface area contributed by atoms with Crippen LogP contribution >= 0.6 is 0 Å². The number of nitrogens with one attached hydrogen (secondary N) is 1. The predicted molar refractivity (Wildman–Crippen MR) is 66.4 cm³/mol. The van der Waals surface area contributed by atoms with E-state index in [1.807, 2.05) is 27.7 Å². The second kappa shape index (κ2) is 4.09. The predicted octanol–water partition coefficient (Wildman–Crippen LogP) is 2.06. The molecule has 1 aromatic rings. The third-order valence-electron chi connectivity index (χ3n) is 3.23. The third-order valence-corrected chi connectivity index (χ3v) is 3.23. The van der Waals surface area contributed by atoms with Gasteiger partial charge >= 0.3 is 0 Å². The molecule has 0 bridgehead atoms. The van der Waals surface area contributed by atoms with E-state index in [2.05, 4.69) is 10.5 Å². The molecule has 1 aliphatic heterocycles. The Hall–Kier alpha value is -1.36. The highest BCUT2D eigenvalue weighted by Gasteiger charge is 2.46. The summed E-state index contributed by atoms with van der Waals surface area (Å²) in [6, 6.07) is 1.59. The van der Waals surface area contributed by atoms with Crippen LogP contribution < -0.4 is 5.32 Å². The Morgan fingerprint density at radius 3 is 2.56 bits per heavy atom. The summed E-state index contributed by atoms with van der Waals surface area (Å²) < 4.78 is 10.9. The van der Waals surface area contributed by atoms with Gasteiger partial charge in [-0.15, -0.1) is 0 Å². The number of aryl methyl sites for hydroxylation is 1. The van der Waals surface area contributed by atoms with Gasteiger partial charge in [-0.25, -0.2) is 0 Å². The van der Waals surface area contributed by atoms with E-state index in [0.717, 1.165) is 6.42 Å². The molecule has 2 heterocycles. The molecular formula is C13H20N2O3. The Morgan fingerprint density at radius 2 is 2.11 bits per heavy atom. The van der Waals surface area contributed by atoms with Crippen LogP contribution in [0.15, 0.2) is 10.6 Å². The zero-order valence-corrected chi connectivity index (χ0v) is 11.5. The number of ether oxygens (including phenoxy) is 1. The van der Waals surface area contributed by atoms with Crippen molar-refractivity contribution in [1.82, 2.24) is 10.5 Å². The van der Waals surface area contributed by atoms with Gasteiger partial charge in [-0.1, -0.05) is 5.16 Å². The summed E-state index contributed by atoms with van der Waals surface area (Å²) in [5.74, 6) is 0.00276. The summed E-state index contributed by atoms with van der Waals surface area (Å²) in [6.07, 6.45) is 0.777. The van der Waals surface area contributed by atoms with Gasteiger partial charge in [0, 0.05) is 6.07 Å². The van der Waals surface area contributed by atoms with E-state index < -0.39 is 0 Å². The molecule has 5 heteroatoms. The lowest BCUT2D eigenvalue weighted by atomic mass is 9.94. The van der Waals surface area contributed by atoms with E-state index >= 15 is 0 Å². The highest BCUT2D eigenvalue weighted by Crippen LogP contribution is 2.37. The van der Waals surface area contributed by atoms with Crippen molar-refractivity contribution in [2.24, 2.45) is 0 Å². The first-order chi connectivity index (χ1) is 8.20. The van der Waals surface area contributed by atoms with Gasteiger partial charge < -0.3 is 14.6 Å². The van der Waals surface area contributed by atoms with Gasteiger partial charge in [0.2, 0.25) is 5.76 Å². The number of hydrogen-bond acceptors (Lipinski definition) is 4. The van der Waals surface area contributed by atoms with Gasteiger partial charge in [-0.05, 0) is 41.0 Å². The molecule has 1 unspecified atom stereocenters. The minimum Gasteiger partial charge on any atom is -0.367 e. The lowest BCUT2D eigenvalue weighted by Gasteiger charge is -2.27. The summed E-state index contributed by atoms with van der Waals surface area (Å²) in [6.45, 7) is 9.81. The van der Waals surface area contributed by atoms with Crippen molar-refractivity contribution in [3.05, 3.63) is 17.5 Å². The largest absolute Gasteiger partial charge is 0.367 e. The summed E-state index contributed by atoms with van der Waals surface area (Å²) in [4.78, 5) is 12.0. The van der Waals surface area contributed by atoms with Crippen LogP contribution in [0, 0.1) is 6.92 Å². The molecule has 0 aliphatic carbocycles. The Bertz CT molecular complexity index is 463. The molecule has 1 amide bonds. The van der Waals surface area contributed by atoms with Crippen molar-refractivity contribution in [3.63, 3.8) is 0 Å². The molecule has 5 nitrogen and oxygen atoms in total. The van der Waals surface area contributed by atoms with Crippen LogP contribution in [0.3, 0.4) is 0 Å². The summed E-state index contributed by atoms with van der Waals surface area (Å²) >= 11 is 0. The van der Waals surface area contributed by atoms with Crippen molar-refractivity contribution in [3.8, 4) is 0 Å². The molecule has 0 aromatic carbocycles. The third kappa shape index (κ3) is 2.56. The molecule has 100 valence electrons. The van der Waals surface area contributed by atoms with Crippen LogP contribution in [-0.4, -0.2) is 28.3 Å². The molecule has 1 fully saturated rings. The normalized spacial score (nSPS) is 25.1. The highest BCUT2D eigenvalue weighted by atomic mass is 16.5. The van der Waals surface area contributed by atoms with Crippen molar-refractivity contribution in [1.29, 1.82) is 0 Å². The van der Waals surface area contributed by atoms with Crippen molar-refractivity contribution >= 4 is 5.91 Å². The molecule has 0 radical (unpaired) electrons. The first-order valence-electron chi connectivity index (χ1n) is 6.14. The number of rotatable bonds is 2. The maximum Gasteiger partial charge on any atom is 0.290 e. The lowest BCUT2D eigenvalue weighted by molar-refractivity contribution is -0.0693. The van der Waals surface area contributed by atoms with Gasteiger partial charge in [-0.3, -0.25) is 4.79 Å². The Kier molecular flexibility index (Phi) is 2.97. The molecule has 1 saturated heterocycles. The van der Waals surface area contributed by atoms with E-state index in [-0.39, 0.29) is 28.9 Å². The molecular weight excluding hydrogens is 232 g/mol. The fraction of sp³-hybridized carbons (Fsp3) is 0.692. The molecule has 2 rings (SSSR count). The van der Waals surface area contributed by atoms with E-state index in [1.54, 1.807) is 13.0 Å². The minimum absolute atomic E-state index is 0.0367. The lowest BCUT2D eigenvalue weighted by Crippen LogP contribution is -2.46. The Balaban J connectivity index is 2.08. The first kappa shape index (κ1) is 13.1. The van der Waals surface area contributed by atoms with Gasteiger partial charge in [0.1, 0.15) is 0 Å². The maximum atomic E-state index is 12.0. The number of carbonyl (C=O) groups is 1. The second-order valence-corrected chi connectivity index (χ2v) is 6.03. The Labute approximate surface area is 107 Å². The Morgan fingerprint density at radius 1 is 1.44 bits per heavy atom. The van der Waals surface area contributed by atoms with Crippen LogP contribution in [0.2, 0.25) is 0 Å².